The standard InChI is InChI=1S/C17H18N4O2S2/c1-12-5-4-10-21(12)16-14-7-3-2-6-13(14)8-9-15(16)25(22,23)20-17-18-11-19-24-17/h2-3,6-9,11-12H,4-5,10H2,1H3,(H,18,19,20). The molecule has 1 atom stereocenters. The zero-order valence-corrected chi connectivity index (χ0v) is 15.3. The predicted octanol–water partition coefficient (Wildman–Crippen LogP) is 3.48. The molecule has 0 bridgehead atoms. The van der Waals surface area contributed by atoms with Crippen LogP contribution in [0.5, 0.6) is 0 Å². The molecule has 1 unspecified atom stereocenters. The van der Waals surface area contributed by atoms with Crippen molar-refractivity contribution in [1.29, 1.82) is 0 Å². The Morgan fingerprint density at radius 2 is 2.08 bits per heavy atom. The van der Waals surface area contributed by atoms with E-state index in [9.17, 15) is 8.42 Å². The Morgan fingerprint density at radius 3 is 2.80 bits per heavy atom. The number of rotatable bonds is 4. The Kier molecular flexibility index (Phi) is 4.09. The van der Waals surface area contributed by atoms with Crippen LogP contribution in [0.25, 0.3) is 10.8 Å². The van der Waals surface area contributed by atoms with Gasteiger partial charge in [0.15, 0.2) is 0 Å². The van der Waals surface area contributed by atoms with Crippen LogP contribution in [0.1, 0.15) is 19.8 Å². The molecule has 2 aromatic carbocycles. The molecule has 1 fully saturated rings. The number of hydrogen-bond acceptors (Lipinski definition) is 6. The summed E-state index contributed by atoms with van der Waals surface area (Å²) in [6.07, 6.45) is 3.46. The lowest BCUT2D eigenvalue weighted by molar-refractivity contribution is 0.600. The van der Waals surface area contributed by atoms with Crippen LogP contribution < -0.4 is 9.62 Å². The summed E-state index contributed by atoms with van der Waals surface area (Å²) in [5, 5.41) is 2.26. The third kappa shape index (κ3) is 2.96. The van der Waals surface area contributed by atoms with Gasteiger partial charge in [0.25, 0.3) is 10.0 Å². The van der Waals surface area contributed by atoms with Gasteiger partial charge in [-0.1, -0.05) is 30.3 Å². The minimum Gasteiger partial charge on any atom is -0.367 e. The van der Waals surface area contributed by atoms with E-state index in [2.05, 4.69) is 25.9 Å². The molecular weight excluding hydrogens is 356 g/mol. The van der Waals surface area contributed by atoms with Crippen LogP contribution in [0, 0.1) is 0 Å². The van der Waals surface area contributed by atoms with E-state index in [0.717, 1.165) is 47.4 Å². The molecule has 0 amide bonds. The first-order valence-corrected chi connectivity index (χ1v) is 10.4. The second kappa shape index (κ2) is 6.27. The molecular formula is C17H18N4O2S2. The van der Waals surface area contributed by atoms with Gasteiger partial charge in [-0.15, -0.1) is 0 Å². The molecule has 1 aromatic heterocycles. The Hall–Kier alpha value is -2.19. The second-order valence-electron chi connectivity index (χ2n) is 6.17. The Morgan fingerprint density at radius 1 is 1.24 bits per heavy atom. The van der Waals surface area contributed by atoms with Crippen molar-refractivity contribution in [3.63, 3.8) is 0 Å². The maximum Gasteiger partial charge on any atom is 0.265 e. The van der Waals surface area contributed by atoms with Crippen LogP contribution in [-0.4, -0.2) is 30.4 Å². The number of aromatic nitrogens is 2. The molecule has 1 aliphatic rings. The largest absolute Gasteiger partial charge is 0.367 e. The van der Waals surface area contributed by atoms with E-state index in [1.807, 2.05) is 30.3 Å². The molecule has 0 aliphatic carbocycles. The smallest absolute Gasteiger partial charge is 0.265 e. The first-order valence-electron chi connectivity index (χ1n) is 8.14. The number of nitrogens with zero attached hydrogens (tertiary/aromatic N) is 3. The van der Waals surface area contributed by atoms with Crippen molar-refractivity contribution in [1.82, 2.24) is 9.36 Å². The van der Waals surface area contributed by atoms with E-state index in [1.54, 1.807) is 6.07 Å². The zero-order valence-electron chi connectivity index (χ0n) is 13.7. The average Bonchev–Trinajstić information content (AvgIpc) is 3.25. The van der Waals surface area contributed by atoms with E-state index in [1.165, 1.54) is 6.33 Å². The van der Waals surface area contributed by atoms with Crippen molar-refractivity contribution in [2.45, 2.75) is 30.7 Å². The number of anilines is 2. The van der Waals surface area contributed by atoms with Gasteiger partial charge in [-0.25, -0.2) is 13.4 Å². The van der Waals surface area contributed by atoms with Gasteiger partial charge >= 0.3 is 0 Å². The summed E-state index contributed by atoms with van der Waals surface area (Å²) in [6, 6.07) is 11.8. The highest BCUT2D eigenvalue weighted by Crippen LogP contribution is 2.38. The topological polar surface area (TPSA) is 75.2 Å². The van der Waals surface area contributed by atoms with Gasteiger partial charge in [-0.05, 0) is 31.2 Å². The summed E-state index contributed by atoms with van der Waals surface area (Å²) in [5.41, 5.74) is 0.778. The molecule has 25 heavy (non-hydrogen) atoms. The molecule has 8 heteroatoms. The lowest BCUT2D eigenvalue weighted by Crippen LogP contribution is -2.29. The van der Waals surface area contributed by atoms with Crippen LogP contribution in [0.3, 0.4) is 0 Å². The number of nitrogens with one attached hydrogen (secondary N) is 1. The van der Waals surface area contributed by atoms with Gasteiger partial charge in [0.2, 0.25) is 5.13 Å². The highest BCUT2D eigenvalue weighted by atomic mass is 32.2. The summed E-state index contributed by atoms with van der Waals surface area (Å²) in [6.45, 7) is 3.00. The van der Waals surface area contributed by atoms with E-state index >= 15 is 0 Å². The van der Waals surface area contributed by atoms with Crippen molar-refractivity contribution in [3.8, 4) is 0 Å². The summed E-state index contributed by atoms with van der Waals surface area (Å²) in [4.78, 5) is 6.43. The lowest BCUT2D eigenvalue weighted by Gasteiger charge is -2.28. The average molecular weight is 374 g/mol. The molecule has 130 valence electrons. The minimum atomic E-state index is -3.75. The summed E-state index contributed by atoms with van der Waals surface area (Å²) < 4.78 is 32.5. The summed E-state index contributed by atoms with van der Waals surface area (Å²) in [7, 11) is -3.75. The number of sulfonamides is 1. The van der Waals surface area contributed by atoms with Crippen LogP contribution in [0.15, 0.2) is 47.6 Å². The summed E-state index contributed by atoms with van der Waals surface area (Å²) in [5.74, 6) is 0. The van der Waals surface area contributed by atoms with Gasteiger partial charge in [-0.3, -0.25) is 4.72 Å². The quantitative estimate of drug-likeness (QED) is 0.757. The molecule has 0 radical (unpaired) electrons. The SMILES string of the molecule is CC1CCCN1c1c(S(=O)(=O)Nc2ncns2)ccc2ccccc12. The van der Waals surface area contributed by atoms with Crippen molar-refractivity contribution >= 4 is 43.1 Å². The normalized spacial score (nSPS) is 18.0. The predicted molar refractivity (Wildman–Crippen MR) is 101 cm³/mol. The molecule has 1 saturated heterocycles. The molecule has 2 heterocycles. The molecule has 3 aromatic rings. The third-order valence-corrected chi connectivity index (χ3v) is 6.66. The Bertz CT molecular complexity index is 1000. The van der Waals surface area contributed by atoms with E-state index in [-0.39, 0.29) is 10.0 Å². The second-order valence-corrected chi connectivity index (χ2v) is 8.60. The highest BCUT2D eigenvalue weighted by Gasteiger charge is 2.29. The van der Waals surface area contributed by atoms with Crippen molar-refractivity contribution < 1.29 is 8.42 Å². The van der Waals surface area contributed by atoms with Gasteiger partial charge in [0.1, 0.15) is 11.2 Å². The zero-order chi connectivity index (χ0) is 17.4. The Balaban J connectivity index is 1.91. The van der Waals surface area contributed by atoms with E-state index in [0.29, 0.717) is 6.04 Å². The third-order valence-electron chi connectivity index (χ3n) is 4.58. The first kappa shape index (κ1) is 16.3. The molecule has 1 N–H and O–H groups in total. The molecule has 4 rings (SSSR count). The van der Waals surface area contributed by atoms with Gasteiger partial charge in [0, 0.05) is 29.5 Å². The van der Waals surface area contributed by atoms with Crippen molar-refractivity contribution in [2.24, 2.45) is 0 Å². The van der Waals surface area contributed by atoms with E-state index < -0.39 is 10.0 Å². The Labute approximate surface area is 150 Å². The number of fused-ring (bicyclic) bond motifs is 1. The maximum atomic E-state index is 13.0. The fourth-order valence-corrected chi connectivity index (χ4v) is 5.29. The van der Waals surface area contributed by atoms with Crippen LogP contribution >= 0.6 is 11.5 Å². The van der Waals surface area contributed by atoms with Gasteiger partial charge < -0.3 is 4.90 Å². The van der Waals surface area contributed by atoms with Crippen LogP contribution in [0.4, 0.5) is 10.8 Å². The van der Waals surface area contributed by atoms with Gasteiger partial charge in [0.05, 0.1) is 5.69 Å². The molecule has 6 nitrogen and oxygen atoms in total. The van der Waals surface area contributed by atoms with Crippen molar-refractivity contribution in [3.05, 3.63) is 42.7 Å². The van der Waals surface area contributed by atoms with Gasteiger partial charge in [-0.2, -0.15) is 4.37 Å². The minimum absolute atomic E-state index is 0.272. The maximum absolute atomic E-state index is 13.0. The van der Waals surface area contributed by atoms with Crippen LogP contribution in [-0.2, 0) is 10.0 Å². The first-order chi connectivity index (χ1) is 12.1. The highest BCUT2D eigenvalue weighted by molar-refractivity contribution is 7.93. The van der Waals surface area contributed by atoms with Crippen LogP contribution in [0.2, 0.25) is 0 Å². The number of benzene rings is 2. The number of hydrogen-bond donors (Lipinski definition) is 1. The fourth-order valence-electron chi connectivity index (χ4n) is 3.40. The monoisotopic (exact) mass is 374 g/mol. The van der Waals surface area contributed by atoms with E-state index in [4.69, 9.17) is 0 Å². The lowest BCUT2D eigenvalue weighted by atomic mass is 10.1. The van der Waals surface area contributed by atoms with Crippen molar-refractivity contribution in [2.75, 3.05) is 16.2 Å². The molecule has 0 saturated carbocycles. The fraction of sp³-hybridized carbons (Fsp3) is 0.294. The molecule has 0 spiro atoms. The molecule has 1 aliphatic heterocycles. The summed E-state index contributed by atoms with van der Waals surface area (Å²) >= 11 is 1.02.